The van der Waals surface area contributed by atoms with Crippen molar-refractivity contribution in [2.75, 3.05) is 27.2 Å². The smallest absolute Gasteiger partial charge is 0.309 e. The molecule has 6 heteroatoms. The summed E-state index contributed by atoms with van der Waals surface area (Å²) in [6.07, 6.45) is 1.97. The Kier molecular flexibility index (Phi) is 3.62. The molecule has 4 amide bonds. The van der Waals surface area contributed by atoms with Gasteiger partial charge in [0.05, 0.1) is 0 Å². The number of amides is 4. The van der Waals surface area contributed by atoms with Gasteiger partial charge in [-0.15, -0.1) is 0 Å². The Morgan fingerprint density at radius 1 is 1.25 bits per heavy atom. The van der Waals surface area contributed by atoms with Crippen molar-refractivity contribution < 1.29 is 14.4 Å². The molecule has 112 valence electrons. The van der Waals surface area contributed by atoms with Crippen molar-refractivity contribution in [1.82, 2.24) is 15.1 Å². The lowest BCUT2D eigenvalue weighted by Gasteiger charge is -2.46. The summed E-state index contributed by atoms with van der Waals surface area (Å²) in [7, 11) is 3.91. The molecule has 0 aromatic heterocycles. The summed E-state index contributed by atoms with van der Waals surface area (Å²) < 4.78 is 0. The maximum atomic E-state index is 12.5. The molecule has 2 fully saturated rings. The SMILES string of the molecule is CN(C)CC(C)(C)CN1C(=O)NC(=O)C2(CCC2)C1=O. The molecular formula is C14H23N3O3. The topological polar surface area (TPSA) is 69.7 Å². The molecule has 1 saturated carbocycles. The maximum absolute atomic E-state index is 12.5. The molecule has 0 unspecified atom stereocenters. The van der Waals surface area contributed by atoms with Crippen molar-refractivity contribution in [1.29, 1.82) is 0 Å². The second-order valence-electron chi connectivity index (χ2n) is 6.99. The minimum atomic E-state index is -0.970. The summed E-state index contributed by atoms with van der Waals surface area (Å²) in [6.45, 7) is 5.10. The van der Waals surface area contributed by atoms with Gasteiger partial charge in [0.2, 0.25) is 11.8 Å². The molecule has 0 bridgehead atoms. The van der Waals surface area contributed by atoms with Crippen LogP contribution in [0.4, 0.5) is 4.79 Å². The molecule has 1 N–H and O–H groups in total. The number of rotatable bonds is 4. The zero-order valence-electron chi connectivity index (χ0n) is 12.7. The first kappa shape index (κ1) is 15.0. The number of carbonyl (C=O) groups excluding carboxylic acids is 3. The molecule has 1 aliphatic heterocycles. The van der Waals surface area contributed by atoms with Crippen LogP contribution in [0.2, 0.25) is 0 Å². The number of urea groups is 1. The Morgan fingerprint density at radius 2 is 1.85 bits per heavy atom. The third-order valence-corrected chi connectivity index (χ3v) is 4.09. The van der Waals surface area contributed by atoms with Crippen LogP contribution < -0.4 is 5.32 Å². The van der Waals surface area contributed by atoms with Crippen molar-refractivity contribution in [3.63, 3.8) is 0 Å². The van der Waals surface area contributed by atoms with Crippen molar-refractivity contribution >= 4 is 17.8 Å². The number of hydrogen-bond acceptors (Lipinski definition) is 4. The fourth-order valence-corrected chi connectivity index (χ4v) is 3.18. The Morgan fingerprint density at radius 3 is 2.30 bits per heavy atom. The number of carbonyl (C=O) groups is 3. The van der Waals surface area contributed by atoms with Gasteiger partial charge in [-0.1, -0.05) is 20.3 Å². The molecule has 1 aliphatic carbocycles. The highest BCUT2D eigenvalue weighted by Gasteiger charge is 2.57. The zero-order chi connectivity index (χ0) is 15.1. The van der Waals surface area contributed by atoms with E-state index in [0.717, 1.165) is 13.0 Å². The predicted molar refractivity (Wildman–Crippen MR) is 73.9 cm³/mol. The second-order valence-corrected chi connectivity index (χ2v) is 6.99. The summed E-state index contributed by atoms with van der Waals surface area (Å²) in [5.74, 6) is -0.732. The number of nitrogens with zero attached hydrogens (tertiary/aromatic N) is 2. The van der Waals surface area contributed by atoms with Crippen LogP contribution in [0.15, 0.2) is 0 Å². The minimum absolute atomic E-state index is 0.220. The van der Waals surface area contributed by atoms with Gasteiger partial charge in [0.15, 0.2) is 0 Å². The van der Waals surface area contributed by atoms with Gasteiger partial charge >= 0.3 is 6.03 Å². The first-order chi connectivity index (χ1) is 9.18. The van der Waals surface area contributed by atoms with E-state index >= 15 is 0 Å². The molecule has 2 aliphatic rings. The van der Waals surface area contributed by atoms with Crippen LogP contribution >= 0.6 is 0 Å². The molecule has 1 spiro atoms. The Hall–Kier alpha value is -1.43. The molecule has 6 nitrogen and oxygen atoms in total. The van der Waals surface area contributed by atoms with Gasteiger partial charge in [0.1, 0.15) is 5.41 Å². The van der Waals surface area contributed by atoms with E-state index in [1.807, 2.05) is 32.8 Å². The molecule has 1 saturated heterocycles. The number of hydrogen-bond donors (Lipinski definition) is 1. The first-order valence-corrected chi connectivity index (χ1v) is 7.00. The average molecular weight is 281 g/mol. The zero-order valence-corrected chi connectivity index (χ0v) is 12.7. The summed E-state index contributed by atoms with van der Waals surface area (Å²) in [4.78, 5) is 39.7. The fourth-order valence-electron chi connectivity index (χ4n) is 3.18. The molecule has 2 rings (SSSR count). The van der Waals surface area contributed by atoms with Gasteiger partial charge in [-0.05, 0) is 32.4 Å². The van der Waals surface area contributed by atoms with E-state index in [4.69, 9.17) is 0 Å². The predicted octanol–water partition coefficient (Wildman–Crippen LogP) is 0.823. The fraction of sp³-hybridized carbons (Fsp3) is 0.786. The first-order valence-electron chi connectivity index (χ1n) is 7.00. The monoisotopic (exact) mass is 281 g/mol. The summed E-state index contributed by atoms with van der Waals surface area (Å²) in [6, 6.07) is -0.579. The van der Waals surface area contributed by atoms with Gasteiger partial charge in [-0.3, -0.25) is 19.8 Å². The lowest BCUT2D eigenvalue weighted by atomic mass is 9.66. The largest absolute Gasteiger partial charge is 0.330 e. The third-order valence-electron chi connectivity index (χ3n) is 4.09. The van der Waals surface area contributed by atoms with Gasteiger partial charge in [-0.25, -0.2) is 4.79 Å². The minimum Gasteiger partial charge on any atom is -0.309 e. The molecule has 0 radical (unpaired) electrons. The van der Waals surface area contributed by atoms with E-state index in [1.54, 1.807) is 0 Å². The lowest BCUT2D eigenvalue weighted by molar-refractivity contribution is -0.158. The van der Waals surface area contributed by atoms with Crippen molar-refractivity contribution in [3.8, 4) is 0 Å². The summed E-state index contributed by atoms with van der Waals surface area (Å²) in [5, 5.41) is 2.34. The highest BCUT2D eigenvalue weighted by atomic mass is 16.2. The van der Waals surface area contributed by atoms with Crippen molar-refractivity contribution in [3.05, 3.63) is 0 Å². The summed E-state index contributed by atoms with van der Waals surface area (Å²) >= 11 is 0. The van der Waals surface area contributed by atoms with E-state index in [1.165, 1.54) is 4.90 Å². The summed E-state index contributed by atoms with van der Waals surface area (Å²) in [5.41, 5.74) is -1.19. The van der Waals surface area contributed by atoms with Crippen molar-refractivity contribution in [2.45, 2.75) is 33.1 Å². The molecule has 1 heterocycles. The number of barbiturate groups is 1. The Labute approximate surface area is 119 Å². The van der Waals surface area contributed by atoms with Crippen molar-refractivity contribution in [2.24, 2.45) is 10.8 Å². The van der Waals surface area contributed by atoms with Gasteiger partial charge in [0.25, 0.3) is 0 Å². The number of nitrogens with one attached hydrogen (secondary N) is 1. The number of imide groups is 2. The molecule has 0 aromatic rings. The molecular weight excluding hydrogens is 258 g/mol. The Balaban J connectivity index is 2.16. The Bertz CT molecular complexity index is 453. The average Bonchev–Trinajstić information content (AvgIpc) is 2.20. The third kappa shape index (κ3) is 2.44. The van der Waals surface area contributed by atoms with E-state index in [9.17, 15) is 14.4 Å². The van der Waals surface area contributed by atoms with Crippen LogP contribution in [0, 0.1) is 10.8 Å². The molecule has 0 atom stereocenters. The maximum Gasteiger partial charge on any atom is 0.330 e. The second kappa shape index (κ2) is 4.84. The van der Waals surface area contributed by atoms with Crippen LogP contribution in [0.5, 0.6) is 0 Å². The molecule has 0 aromatic carbocycles. The van der Waals surface area contributed by atoms with Crippen LogP contribution in [0.1, 0.15) is 33.1 Å². The van der Waals surface area contributed by atoms with E-state index in [-0.39, 0.29) is 11.3 Å². The highest BCUT2D eigenvalue weighted by Crippen LogP contribution is 2.44. The van der Waals surface area contributed by atoms with Gasteiger partial charge in [-0.2, -0.15) is 0 Å². The standard InChI is InChI=1S/C14H23N3O3/c1-13(2,8-16(3)4)9-17-11(19)14(6-5-7-14)10(18)15-12(17)20/h5-9H2,1-4H3,(H,15,18,20). The quantitative estimate of drug-likeness (QED) is 0.775. The van der Waals surface area contributed by atoms with E-state index < -0.39 is 17.4 Å². The van der Waals surface area contributed by atoms with Gasteiger partial charge in [0, 0.05) is 13.1 Å². The van der Waals surface area contributed by atoms with Crippen LogP contribution in [0.3, 0.4) is 0 Å². The highest BCUT2D eigenvalue weighted by molar-refractivity contribution is 6.19. The normalized spacial score (nSPS) is 22.2. The van der Waals surface area contributed by atoms with Crippen LogP contribution in [-0.4, -0.2) is 54.8 Å². The van der Waals surface area contributed by atoms with E-state index in [2.05, 4.69) is 5.32 Å². The molecule has 20 heavy (non-hydrogen) atoms. The van der Waals surface area contributed by atoms with E-state index in [0.29, 0.717) is 19.4 Å². The van der Waals surface area contributed by atoms with Crippen LogP contribution in [0.25, 0.3) is 0 Å². The lowest BCUT2D eigenvalue weighted by Crippen LogP contribution is -2.67. The van der Waals surface area contributed by atoms with Crippen LogP contribution in [-0.2, 0) is 9.59 Å². The van der Waals surface area contributed by atoms with Gasteiger partial charge < -0.3 is 4.90 Å².